The summed E-state index contributed by atoms with van der Waals surface area (Å²) in [6, 6.07) is 0. The molecule has 0 atom stereocenters. The van der Waals surface area contributed by atoms with Crippen LogP contribution in [-0.4, -0.2) is 9.97 Å². The van der Waals surface area contributed by atoms with E-state index in [4.69, 9.17) is 0 Å². The summed E-state index contributed by atoms with van der Waals surface area (Å²) in [5, 5.41) is 3.22. The highest BCUT2D eigenvalue weighted by atomic mass is 15.0. The van der Waals surface area contributed by atoms with Gasteiger partial charge in [0.1, 0.15) is 0 Å². The van der Waals surface area contributed by atoms with E-state index in [0.29, 0.717) is 0 Å². The van der Waals surface area contributed by atoms with Crippen LogP contribution in [0.5, 0.6) is 0 Å². The molecule has 3 heteroatoms. The van der Waals surface area contributed by atoms with Gasteiger partial charge in [0, 0.05) is 13.1 Å². The smallest absolute Gasteiger partial charge is 0.0773 e. The average Bonchev–Trinajstić information content (AvgIpc) is 2.36. The molecule has 0 saturated heterocycles. The maximum absolute atomic E-state index is 4.43. The zero-order chi connectivity index (χ0) is 7.84. The van der Waals surface area contributed by atoms with Crippen LogP contribution in [0, 0.1) is 13.8 Å². The highest BCUT2D eigenvalue weighted by Gasteiger charge is 2.13. The second-order valence-corrected chi connectivity index (χ2v) is 2.89. The number of aromatic nitrogens is 2. The largest absolute Gasteiger partial charge is 0.305 e. The minimum absolute atomic E-state index is 0.878. The van der Waals surface area contributed by atoms with Gasteiger partial charge in [-0.15, -0.1) is 0 Å². The number of hydrogen-bond donors (Lipinski definition) is 1. The number of fused-ring (bicyclic) bond motifs is 1. The van der Waals surface area contributed by atoms with E-state index < -0.39 is 0 Å². The van der Waals surface area contributed by atoms with Gasteiger partial charge < -0.3 is 5.32 Å². The van der Waals surface area contributed by atoms with Crippen LogP contribution >= 0.6 is 0 Å². The lowest BCUT2D eigenvalue weighted by Crippen LogP contribution is -2.00. The highest BCUT2D eigenvalue weighted by Crippen LogP contribution is 2.12. The Kier molecular flexibility index (Phi) is 1.39. The first-order valence-corrected chi connectivity index (χ1v) is 3.81. The van der Waals surface area contributed by atoms with Crippen LogP contribution in [0.2, 0.25) is 0 Å². The van der Waals surface area contributed by atoms with Crippen molar-refractivity contribution in [2.45, 2.75) is 26.9 Å². The van der Waals surface area contributed by atoms with Crippen molar-refractivity contribution in [3.63, 3.8) is 0 Å². The van der Waals surface area contributed by atoms with Crippen molar-refractivity contribution in [3.05, 3.63) is 22.8 Å². The Morgan fingerprint density at radius 2 is 1.45 bits per heavy atom. The zero-order valence-corrected chi connectivity index (χ0v) is 6.81. The number of hydrogen-bond acceptors (Lipinski definition) is 3. The minimum atomic E-state index is 0.878. The van der Waals surface area contributed by atoms with Crippen LogP contribution in [0.3, 0.4) is 0 Å². The van der Waals surface area contributed by atoms with E-state index in [1.807, 2.05) is 13.8 Å². The lowest BCUT2D eigenvalue weighted by Gasteiger charge is -2.00. The molecule has 0 unspecified atom stereocenters. The molecule has 0 amide bonds. The van der Waals surface area contributed by atoms with Crippen LogP contribution in [0.1, 0.15) is 22.8 Å². The Morgan fingerprint density at radius 3 is 1.91 bits per heavy atom. The van der Waals surface area contributed by atoms with Crippen molar-refractivity contribution >= 4 is 0 Å². The second-order valence-electron chi connectivity index (χ2n) is 2.89. The summed E-state index contributed by atoms with van der Waals surface area (Å²) in [7, 11) is 0. The third kappa shape index (κ3) is 1.01. The van der Waals surface area contributed by atoms with Crippen molar-refractivity contribution in [1.29, 1.82) is 0 Å². The van der Waals surface area contributed by atoms with Crippen LogP contribution in [0.4, 0.5) is 0 Å². The molecule has 1 N–H and O–H groups in total. The molecule has 3 nitrogen and oxygen atoms in total. The monoisotopic (exact) mass is 149 g/mol. The Morgan fingerprint density at radius 1 is 1.00 bits per heavy atom. The van der Waals surface area contributed by atoms with Crippen molar-refractivity contribution in [1.82, 2.24) is 15.3 Å². The van der Waals surface area contributed by atoms with Gasteiger partial charge >= 0.3 is 0 Å². The lowest BCUT2D eigenvalue weighted by molar-refractivity contribution is 0.752. The molecule has 1 aliphatic heterocycles. The molecule has 0 fully saturated rings. The first-order valence-electron chi connectivity index (χ1n) is 3.81. The molecule has 0 aliphatic carbocycles. The first kappa shape index (κ1) is 6.73. The SMILES string of the molecule is Cc1nc2c(nc1C)CNC2. The molecule has 0 saturated carbocycles. The van der Waals surface area contributed by atoms with Crippen molar-refractivity contribution < 1.29 is 0 Å². The van der Waals surface area contributed by atoms with Gasteiger partial charge in [0.25, 0.3) is 0 Å². The van der Waals surface area contributed by atoms with Gasteiger partial charge in [-0.05, 0) is 13.8 Å². The predicted molar refractivity (Wildman–Crippen MR) is 42.0 cm³/mol. The highest BCUT2D eigenvalue weighted by molar-refractivity contribution is 5.21. The summed E-state index contributed by atoms with van der Waals surface area (Å²) >= 11 is 0. The Labute approximate surface area is 65.9 Å². The van der Waals surface area contributed by atoms with Crippen molar-refractivity contribution in [3.8, 4) is 0 Å². The van der Waals surface area contributed by atoms with Crippen LogP contribution in [-0.2, 0) is 13.1 Å². The molecule has 58 valence electrons. The van der Waals surface area contributed by atoms with E-state index in [1.54, 1.807) is 0 Å². The summed E-state index contributed by atoms with van der Waals surface area (Å²) in [6.45, 7) is 5.76. The van der Waals surface area contributed by atoms with E-state index in [1.165, 1.54) is 0 Å². The van der Waals surface area contributed by atoms with Gasteiger partial charge in [0.15, 0.2) is 0 Å². The lowest BCUT2D eigenvalue weighted by atomic mass is 10.3. The van der Waals surface area contributed by atoms with Gasteiger partial charge in [-0.2, -0.15) is 0 Å². The molecule has 2 heterocycles. The van der Waals surface area contributed by atoms with E-state index in [-0.39, 0.29) is 0 Å². The van der Waals surface area contributed by atoms with Crippen molar-refractivity contribution in [2.24, 2.45) is 0 Å². The number of nitrogens with zero attached hydrogens (tertiary/aromatic N) is 2. The van der Waals surface area contributed by atoms with Gasteiger partial charge in [0.2, 0.25) is 0 Å². The molecule has 11 heavy (non-hydrogen) atoms. The zero-order valence-electron chi connectivity index (χ0n) is 6.81. The third-order valence-corrected chi connectivity index (χ3v) is 2.05. The Hall–Kier alpha value is -0.960. The quantitative estimate of drug-likeness (QED) is 0.590. The Balaban J connectivity index is 2.57. The summed E-state index contributed by atoms with van der Waals surface area (Å²) in [5.41, 5.74) is 4.33. The fourth-order valence-corrected chi connectivity index (χ4v) is 1.28. The molecule has 1 aromatic rings. The predicted octanol–water partition coefficient (Wildman–Crippen LogP) is 0.697. The fraction of sp³-hybridized carbons (Fsp3) is 0.500. The first-order chi connectivity index (χ1) is 5.27. The normalized spacial score (nSPS) is 15.1. The van der Waals surface area contributed by atoms with E-state index in [9.17, 15) is 0 Å². The Bertz CT molecular complexity index is 265. The molecule has 1 aromatic heterocycles. The summed E-state index contributed by atoms with van der Waals surface area (Å²) in [5.74, 6) is 0. The second kappa shape index (κ2) is 2.27. The summed E-state index contributed by atoms with van der Waals surface area (Å²) in [4.78, 5) is 8.86. The molecule has 2 rings (SSSR count). The van der Waals surface area contributed by atoms with Gasteiger partial charge in [-0.3, -0.25) is 9.97 Å². The van der Waals surface area contributed by atoms with E-state index in [0.717, 1.165) is 35.9 Å². The van der Waals surface area contributed by atoms with E-state index in [2.05, 4.69) is 15.3 Å². The van der Waals surface area contributed by atoms with Gasteiger partial charge in [-0.1, -0.05) is 0 Å². The van der Waals surface area contributed by atoms with E-state index >= 15 is 0 Å². The van der Waals surface area contributed by atoms with Crippen LogP contribution < -0.4 is 5.32 Å². The topological polar surface area (TPSA) is 37.8 Å². The third-order valence-electron chi connectivity index (χ3n) is 2.05. The average molecular weight is 149 g/mol. The van der Waals surface area contributed by atoms with Crippen molar-refractivity contribution in [2.75, 3.05) is 0 Å². The van der Waals surface area contributed by atoms with Gasteiger partial charge in [-0.25, -0.2) is 0 Å². The number of aryl methyl sites for hydroxylation is 2. The number of nitrogens with one attached hydrogen (secondary N) is 1. The van der Waals surface area contributed by atoms with Gasteiger partial charge in [0.05, 0.1) is 22.8 Å². The molecule has 0 spiro atoms. The maximum Gasteiger partial charge on any atom is 0.0773 e. The molecule has 0 bridgehead atoms. The molecule has 0 radical (unpaired) electrons. The number of rotatable bonds is 0. The standard InChI is InChI=1S/C8H11N3/c1-5-6(2)11-8-4-9-3-7(8)10-5/h9H,3-4H2,1-2H3. The summed E-state index contributed by atoms with van der Waals surface area (Å²) in [6.07, 6.45) is 0. The fourth-order valence-electron chi connectivity index (χ4n) is 1.28. The molecule has 1 aliphatic rings. The molecular formula is C8H11N3. The molecular weight excluding hydrogens is 138 g/mol. The van der Waals surface area contributed by atoms with Crippen LogP contribution in [0.15, 0.2) is 0 Å². The van der Waals surface area contributed by atoms with Crippen LogP contribution in [0.25, 0.3) is 0 Å². The maximum atomic E-state index is 4.43. The minimum Gasteiger partial charge on any atom is -0.305 e. The molecule has 0 aromatic carbocycles. The summed E-state index contributed by atoms with van der Waals surface area (Å²) < 4.78 is 0.